The third-order valence-corrected chi connectivity index (χ3v) is 3.36. The van der Waals surface area contributed by atoms with Gasteiger partial charge in [0.05, 0.1) is 13.5 Å². The Labute approximate surface area is 135 Å². The first-order chi connectivity index (χ1) is 10.8. The van der Waals surface area contributed by atoms with Crippen molar-refractivity contribution in [2.45, 2.75) is 26.3 Å². The van der Waals surface area contributed by atoms with E-state index in [-0.39, 0.29) is 31.3 Å². The molecule has 1 aromatic carbocycles. The Morgan fingerprint density at radius 3 is 2.61 bits per heavy atom. The first-order valence-corrected chi connectivity index (χ1v) is 7.24. The van der Waals surface area contributed by atoms with Crippen molar-refractivity contribution in [2.24, 2.45) is 0 Å². The number of carboxylic acid groups (broad SMARTS) is 1. The molecule has 0 bridgehead atoms. The average molecular weight is 322 g/mol. The highest BCUT2D eigenvalue weighted by Gasteiger charge is 2.25. The van der Waals surface area contributed by atoms with Gasteiger partial charge in [0, 0.05) is 20.0 Å². The number of carbonyl (C=O) groups excluding carboxylic acids is 2. The molecule has 2 amide bonds. The highest BCUT2D eigenvalue weighted by atomic mass is 16.5. The van der Waals surface area contributed by atoms with Crippen molar-refractivity contribution in [2.75, 3.05) is 20.2 Å². The molecular formula is C16H22N2O5. The Balaban J connectivity index is 2.80. The lowest BCUT2D eigenvalue weighted by Crippen LogP contribution is -2.47. The first-order valence-electron chi connectivity index (χ1n) is 7.24. The number of nitrogens with zero attached hydrogens (tertiary/aromatic N) is 1. The molecule has 126 valence electrons. The van der Waals surface area contributed by atoms with Gasteiger partial charge in [-0.3, -0.25) is 9.59 Å². The van der Waals surface area contributed by atoms with Gasteiger partial charge in [0.1, 0.15) is 11.8 Å². The molecule has 1 unspecified atom stereocenters. The number of carbonyl (C=O) groups is 3. The molecular weight excluding hydrogens is 300 g/mol. The van der Waals surface area contributed by atoms with E-state index in [0.29, 0.717) is 5.75 Å². The van der Waals surface area contributed by atoms with Crippen LogP contribution in [0, 0.1) is 0 Å². The van der Waals surface area contributed by atoms with Gasteiger partial charge in [-0.2, -0.15) is 0 Å². The van der Waals surface area contributed by atoms with Gasteiger partial charge in [0.2, 0.25) is 11.8 Å². The van der Waals surface area contributed by atoms with E-state index in [1.54, 1.807) is 24.3 Å². The summed E-state index contributed by atoms with van der Waals surface area (Å²) in [5.41, 5.74) is 0.733. The Kier molecular flexibility index (Phi) is 7.05. The highest BCUT2D eigenvalue weighted by Crippen LogP contribution is 2.14. The number of rotatable bonds is 8. The highest BCUT2D eigenvalue weighted by molar-refractivity contribution is 5.85. The van der Waals surface area contributed by atoms with Crippen LogP contribution in [0.25, 0.3) is 0 Å². The molecule has 0 saturated carbocycles. The van der Waals surface area contributed by atoms with Crippen LogP contribution in [0.15, 0.2) is 24.3 Å². The van der Waals surface area contributed by atoms with Gasteiger partial charge < -0.3 is 20.1 Å². The van der Waals surface area contributed by atoms with Gasteiger partial charge in [-0.05, 0) is 24.6 Å². The van der Waals surface area contributed by atoms with Crippen molar-refractivity contribution < 1.29 is 24.2 Å². The minimum atomic E-state index is -1.09. The number of amides is 2. The van der Waals surface area contributed by atoms with Crippen molar-refractivity contribution in [3.63, 3.8) is 0 Å². The Bertz CT molecular complexity index is 573. The van der Waals surface area contributed by atoms with Crippen LogP contribution >= 0.6 is 0 Å². The SMILES string of the molecule is COc1cccc(CC(=O)N(CCNC(C)=O)C(C)C(=O)O)c1. The predicted octanol–water partition coefficient (Wildman–Crippen LogP) is 0.675. The maximum Gasteiger partial charge on any atom is 0.326 e. The lowest BCUT2D eigenvalue weighted by Gasteiger charge is -2.26. The molecule has 0 saturated heterocycles. The van der Waals surface area contributed by atoms with E-state index in [9.17, 15) is 14.4 Å². The molecule has 0 aliphatic heterocycles. The number of methoxy groups -OCH3 is 1. The summed E-state index contributed by atoms with van der Waals surface area (Å²) in [6.45, 7) is 3.15. The van der Waals surface area contributed by atoms with Crippen LogP contribution in [0.2, 0.25) is 0 Å². The van der Waals surface area contributed by atoms with Crippen LogP contribution in [-0.4, -0.2) is 54.0 Å². The van der Waals surface area contributed by atoms with Crippen molar-refractivity contribution in [1.82, 2.24) is 10.2 Å². The maximum atomic E-state index is 12.4. The largest absolute Gasteiger partial charge is 0.497 e. The normalized spacial score (nSPS) is 11.4. The fraction of sp³-hybridized carbons (Fsp3) is 0.438. The van der Waals surface area contributed by atoms with E-state index in [0.717, 1.165) is 5.56 Å². The summed E-state index contributed by atoms with van der Waals surface area (Å²) in [5.74, 6) is -1.01. The number of hydrogen-bond donors (Lipinski definition) is 2. The zero-order valence-corrected chi connectivity index (χ0v) is 13.5. The Morgan fingerprint density at radius 2 is 2.04 bits per heavy atom. The fourth-order valence-corrected chi connectivity index (χ4v) is 2.08. The van der Waals surface area contributed by atoms with Crippen LogP contribution in [-0.2, 0) is 20.8 Å². The van der Waals surface area contributed by atoms with Crippen LogP contribution in [0.4, 0.5) is 0 Å². The van der Waals surface area contributed by atoms with Gasteiger partial charge in [-0.15, -0.1) is 0 Å². The summed E-state index contributed by atoms with van der Waals surface area (Å²) in [5, 5.41) is 11.7. The summed E-state index contributed by atoms with van der Waals surface area (Å²) >= 11 is 0. The van der Waals surface area contributed by atoms with E-state index < -0.39 is 12.0 Å². The maximum absolute atomic E-state index is 12.4. The fourth-order valence-electron chi connectivity index (χ4n) is 2.08. The molecule has 0 aliphatic carbocycles. The van der Waals surface area contributed by atoms with E-state index >= 15 is 0 Å². The standard InChI is InChI=1S/C16H22N2O5/c1-11(16(21)22)18(8-7-17-12(2)19)15(20)10-13-5-4-6-14(9-13)23-3/h4-6,9,11H,7-8,10H2,1-3H3,(H,17,19)(H,21,22). The van der Waals surface area contributed by atoms with Gasteiger partial charge in [-0.1, -0.05) is 12.1 Å². The second-order valence-corrected chi connectivity index (χ2v) is 5.11. The van der Waals surface area contributed by atoms with Crippen LogP contribution in [0.5, 0.6) is 5.75 Å². The third-order valence-electron chi connectivity index (χ3n) is 3.36. The molecule has 2 N–H and O–H groups in total. The van der Waals surface area contributed by atoms with Crippen molar-refractivity contribution in [3.05, 3.63) is 29.8 Å². The second kappa shape index (κ2) is 8.77. The van der Waals surface area contributed by atoms with Crippen molar-refractivity contribution in [1.29, 1.82) is 0 Å². The van der Waals surface area contributed by atoms with Gasteiger partial charge >= 0.3 is 5.97 Å². The topological polar surface area (TPSA) is 95.9 Å². The lowest BCUT2D eigenvalue weighted by atomic mass is 10.1. The summed E-state index contributed by atoms with van der Waals surface area (Å²) in [7, 11) is 1.53. The van der Waals surface area contributed by atoms with Crippen molar-refractivity contribution in [3.8, 4) is 5.75 Å². The van der Waals surface area contributed by atoms with Crippen LogP contribution in [0.3, 0.4) is 0 Å². The lowest BCUT2D eigenvalue weighted by molar-refractivity contribution is -0.149. The quantitative estimate of drug-likeness (QED) is 0.733. The third kappa shape index (κ3) is 5.98. The van der Waals surface area contributed by atoms with Gasteiger partial charge in [0.25, 0.3) is 0 Å². The smallest absolute Gasteiger partial charge is 0.326 e. The monoisotopic (exact) mass is 322 g/mol. The molecule has 7 heteroatoms. The van der Waals surface area contributed by atoms with Crippen LogP contribution < -0.4 is 10.1 Å². The predicted molar refractivity (Wildman–Crippen MR) is 84.2 cm³/mol. The van der Waals surface area contributed by atoms with E-state index in [4.69, 9.17) is 9.84 Å². The molecule has 0 radical (unpaired) electrons. The van der Waals surface area contributed by atoms with Gasteiger partial charge in [0.15, 0.2) is 0 Å². The Morgan fingerprint density at radius 1 is 1.35 bits per heavy atom. The molecule has 0 spiro atoms. The minimum Gasteiger partial charge on any atom is -0.497 e. The Hall–Kier alpha value is -2.57. The summed E-state index contributed by atoms with van der Waals surface area (Å²) in [6, 6.07) is 6.07. The molecule has 0 aliphatic rings. The molecule has 1 atom stereocenters. The molecule has 0 fully saturated rings. The molecule has 7 nitrogen and oxygen atoms in total. The minimum absolute atomic E-state index is 0.0644. The molecule has 1 aromatic rings. The molecule has 23 heavy (non-hydrogen) atoms. The summed E-state index contributed by atoms with van der Waals surface area (Å²) < 4.78 is 5.11. The van der Waals surface area contributed by atoms with Gasteiger partial charge in [-0.25, -0.2) is 4.79 Å². The molecule has 1 rings (SSSR count). The van der Waals surface area contributed by atoms with Crippen molar-refractivity contribution >= 4 is 17.8 Å². The number of benzene rings is 1. The average Bonchev–Trinajstić information content (AvgIpc) is 2.50. The number of hydrogen-bond acceptors (Lipinski definition) is 4. The summed E-state index contributed by atoms with van der Waals surface area (Å²) in [6.07, 6.45) is 0.0644. The summed E-state index contributed by atoms with van der Waals surface area (Å²) in [4.78, 5) is 35.8. The van der Waals surface area contributed by atoms with E-state index in [2.05, 4.69) is 5.32 Å². The number of carboxylic acids is 1. The zero-order valence-electron chi connectivity index (χ0n) is 13.5. The van der Waals surface area contributed by atoms with E-state index in [1.807, 2.05) is 0 Å². The first kappa shape index (κ1) is 18.5. The molecule has 0 heterocycles. The number of ether oxygens (including phenoxy) is 1. The van der Waals surface area contributed by atoms with E-state index in [1.165, 1.54) is 25.9 Å². The second-order valence-electron chi connectivity index (χ2n) is 5.11. The zero-order chi connectivity index (χ0) is 17.4. The number of aliphatic carboxylic acids is 1. The number of nitrogens with one attached hydrogen (secondary N) is 1. The van der Waals surface area contributed by atoms with Crippen LogP contribution in [0.1, 0.15) is 19.4 Å². The molecule has 0 aromatic heterocycles.